The molecule has 0 aliphatic carbocycles. The number of aryl methyl sites for hydroxylation is 1. The summed E-state index contributed by atoms with van der Waals surface area (Å²) >= 11 is 6.30. The van der Waals surface area contributed by atoms with Gasteiger partial charge in [-0.2, -0.15) is 0 Å². The van der Waals surface area contributed by atoms with Crippen LogP contribution in [0.5, 0.6) is 5.75 Å². The maximum Gasteiger partial charge on any atom is 0.282 e. The Labute approximate surface area is 192 Å². The van der Waals surface area contributed by atoms with Crippen molar-refractivity contribution in [1.29, 1.82) is 0 Å². The van der Waals surface area contributed by atoms with Gasteiger partial charge in [0, 0.05) is 43.3 Å². The molecular formula is C24H26ClN3O4. The molecule has 0 atom stereocenters. The van der Waals surface area contributed by atoms with Gasteiger partial charge in [0.15, 0.2) is 0 Å². The number of para-hydroxylation sites is 1. The number of benzene rings is 2. The number of piperazine rings is 1. The molecule has 0 radical (unpaired) electrons. The Morgan fingerprint density at radius 3 is 2.41 bits per heavy atom. The SMILES string of the molecule is COc1ccccc1C1=C(N2CCN(CCO)CC2)C(=O)N(c2ccc(C)c(Cl)c2)C1=O. The van der Waals surface area contributed by atoms with Crippen LogP contribution in [0.15, 0.2) is 48.2 Å². The fraction of sp³-hybridized carbons (Fsp3) is 0.333. The number of carbonyl (C=O) groups is 2. The molecule has 1 saturated heterocycles. The van der Waals surface area contributed by atoms with Gasteiger partial charge in [-0.15, -0.1) is 0 Å². The molecule has 2 aliphatic heterocycles. The number of imide groups is 1. The van der Waals surface area contributed by atoms with Crippen LogP contribution in [0.1, 0.15) is 11.1 Å². The second-order valence-corrected chi connectivity index (χ2v) is 8.26. The molecule has 0 bridgehead atoms. The van der Waals surface area contributed by atoms with Gasteiger partial charge in [0.25, 0.3) is 11.8 Å². The Balaban J connectivity index is 1.79. The second kappa shape index (κ2) is 9.32. The molecule has 2 aromatic carbocycles. The number of nitrogens with zero attached hydrogens (tertiary/aromatic N) is 3. The minimum absolute atomic E-state index is 0.0918. The van der Waals surface area contributed by atoms with Crippen LogP contribution >= 0.6 is 11.6 Å². The van der Waals surface area contributed by atoms with Crippen molar-refractivity contribution in [3.8, 4) is 5.75 Å². The number of rotatable bonds is 6. The van der Waals surface area contributed by atoms with E-state index in [0.29, 0.717) is 66.0 Å². The van der Waals surface area contributed by atoms with Crippen LogP contribution in [0.3, 0.4) is 0 Å². The quantitative estimate of drug-likeness (QED) is 0.675. The summed E-state index contributed by atoms with van der Waals surface area (Å²) in [5.74, 6) is -0.234. The Hall–Kier alpha value is -2.87. The summed E-state index contributed by atoms with van der Waals surface area (Å²) in [4.78, 5) is 32.6. The minimum Gasteiger partial charge on any atom is -0.496 e. The molecule has 1 fully saturated rings. The van der Waals surface area contributed by atoms with Crippen LogP contribution in [0.2, 0.25) is 5.02 Å². The van der Waals surface area contributed by atoms with E-state index in [9.17, 15) is 14.7 Å². The van der Waals surface area contributed by atoms with E-state index in [2.05, 4.69) is 4.90 Å². The molecule has 2 amide bonds. The summed E-state index contributed by atoms with van der Waals surface area (Å²) in [5, 5.41) is 9.72. The zero-order chi connectivity index (χ0) is 22.8. The van der Waals surface area contributed by atoms with Crippen molar-refractivity contribution in [2.45, 2.75) is 6.92 Å². The predicted octanol–water partition coefficient (Wildman–Crippen LogP) is 2.55. The summed E-state index contributed by atoms with van der Waals surface area (Å²) in [6.07, 6.45) is 0. The van der Waals surface area contributed by atoms with Gasteiger partial charge < -0.3 is 14.7 Å². The van der Waals surface area contributed by atoms with Crippen molar-refractivity contribution >= 4 is 34.7 Å². The monoisotopic (exact) mass is 455 g/mol. The Morgan fingerprint density at radius 2 is 1.75 bits per heavy atom. The van der Waals surface area contributed by atoms with Crippen molar-refractivity contribution in [2.24, 2.45) is 0 Å². The lowest BCUT2D eigenvalue weighted by molar-refractivity contribution is -0.120. The molecule has 2 aromatic rings. The molecule has 0 saturated carbocycles. The highest BCUT2D eigenvalue weighted by atomic mass is 35.5. The molecule has 168 valence electrons. The van der Waals surface area contributed by atoms with Gasteiger partial charge in [0.1, 0.15) is 11.4 Å². The number of amides is 2. The first-order chi connectivity index (χ1) is 15.5. The lowest BCUT2D eigenvalue weighted by Gasteiger charge is -2.36. The number of anilines is 1. The first-order valence-electron chi connectivity index (χ1n) is 10.6. The number of aliphatic hydroxyl groups is 1. The lowest BCUT2D eigenvalue weighted by Crippen LogP contribution is -2.48. The van der Waals surface area contributed by atoms with Crippen LogP contribution in [0.25, 0.3) is 5.57 Å². The van der Waals surface area contributed by atoms with Crippen molar-refractivity contribution in [1.82, 2.24) is 9.80 Å². The van der Waals surface area contributed by atoms with Crippen molar-refractivity contribution < 1.29 is 19.4 Å². The first kappa shape index (κ1) is 22.3. The van der Waals surface area contributed by atoms with Gasteiger partial charge in [0.05, 0.1) is 25.0 Å². The average Bonchev–Trinajstić information content (AvgIpc) is 3.06. The number of aliphatic hydroxyl groups excluding tert-OH is 1. The summed E-state index contributed by atoms with van der Waals surface area (Å²) < 4.78 is 5.51. The molecule has 2 aliphatic rings. The van der Waals surface area contributed by atoms with E-state index in [1.807, 2.05) is 24.0 Å². The number of β-amino-alcohol motifs (C(OH)–C–C–N with tert-alkyl or cyclic N) is 1. The summed E-state index contributed by atoms with van der Waals surface area (Å²) in [7, 11) is 1.55. The lowest BCUT2D eigenvalue weighted by atomic mass is 10.0. The van der Waals surface area contributed by atoms with E-state index >= 15 is 0 Å². The summed E-state index contributed by atoms with van der Waals surface area (Å²) in [6.45, 7) is 5.10. The van der Waals surface area contributed by atoms with E-state index in [0.717, 1.165) is 5.56 Å². The van der Waals surface area contributed by atoms with Crippen LogP contribution in [0, 0.1) is 6.92 Å². The molecule has 0 aromatic heterocycles. The fourth-order valence-corrected chi connectivity index (χ4v) is 4.37. The number of carbonyl (C=O) groups excluding carboxylic acids is 2. The van der Waals surface area contributed by atoms with Gasteiger partial charge in [0.2, 0.25) is 0 Å². The van der Waals surface area contributed by atoms with Crippen LogP contribution in [-0.4, -0.2) is 73.2 Å². The molecule has 8 heteroatoms. The van der Waals surface area contributed by atoms with Gasteiger partial charge >= 0.3 is 0 Å². The van der Waals surface area contributed by atoms with Gasteiger partial charge in [-0.05, 0) is 30.7 Å². The Kier molecular flexibility index (Phi) is 6.50. The number of ether oxygens (including phenoxy) is 1. The van der Waals surface area contributed by atoms with E-state index in [4.69, 9.17) is 16.3 Å². The predicted molar refractivity (Wildman–Crippen MR) is 124 cm³/mol. The molecular weight excluding hydrogens is 430 g/mol. The van der Waals surface area contributed by atoms with Crippen LogP contribution < -0.4 is 9.64 Å². The topological polar surface area (TPSA) is 73.3 Å². The van der Waals surface area contributed by atoms with Gasteiger partial charge in [-0.25, -0.2) is 4.90 Å². The molecule has 4 rings (SSSR count). The zero-order valence-corrected chi connectivity index (χ0v) is 18.9. The average molecular weight is 456 g/mol. The summed E-state index contributed by atoms with van der Waals surface area (Å²) in [5.41, 5.74) is 2.60. The molecule has 32 heavy (non-hydrogen) atoms. The number of methoxy groups -OCH3 is 1. The second-order valence-electron chi connectivity index (χ2n) is 7.86. The van der Waals surface area contributed by atoms with E-state index in [1.165, 1.54) is 4.90 Å². The highest BCUT2D eigenvalue weighted by Gasteiger charge is 2.44. The normalized spacial score (nSPS) is 17.5. The van der Waals surface area contributed by atoms with Crippen LogP contribution in [-0.2, 0) is 9.59 Å². The Morgan fingerprint density at radius 1 is 1.03 bits per heavy atom. The molecule has 0 unspecified atom stereocenters. The van der Waals surface area contributed by atoms with Crippen molar-refractivity contribution in [2.75, 3.05) is 51.3 Å². The largest absolute Gasteiger partial charge is 0.496 e. The standard InChI is InChI=1S/C24H26ClN3O4/c1-16-7-8-17(15-19(16)25)28-23(30)21(18-5-3-4-6-20(18)32-2)22(24(28)31)27-11-9-26(10-12-27)13-14-29/h3-8,15,29H,9-14H2,1-2H3. The third-order valence-corrected chi connectivity index (χ3v) is 6.36. The number of hydrogen-bond acceptors (Lipinski definition) is 6. The number of halogens is 1. The maximum atomic E-state index is 13.7. The molecule has 7 nitrogen and oxygen atoms in total. The van der Waals surface area contributed by atoms with Crippen LogP contribution in [0.4, 0.5) is 5.69 Å². The van der Waals surface area contributed by atoms with E-state index < -0.39 is 5.91 Å². The third-order valence-electron chi connectivity index (χ3n) is 5.95. The highest BCUT2D eigenvalue weighted by Crippen LogP contribution is 2.39. The number of hydrogen-bond donors (Lipinski definition) is 1. The van der Waals surface area contributed by atoms with E-state index in [-0.39, 0.29) is 12.5 Å². The minimum atomic E-state index is -0.396. The Bertz CT molecular complexity index is 1080. The zero-order valence-electron chi connectivity index (χ0n) is 18.2. The van der Waals surface area contributed by atoms with E-state index in [1.54, 1.807) is 37.4 Å². The van der Waals surface area contributed by atoms with Gasteiger partial charge in [-0.1, -0.05) is 35.9 Å². The third kappa shape index (κ3) is 3.99. The maximum absolute atomic E-state index is 13.7. The summed E-state index contributed by atoms with van der Waals surface area (Å²) in [6, 6.07) is 12.4. The molecule has 1 N–H and O–H groups in total. The fourth-order valence-electron chi connectivity index (χ4n) is 4.20. The highest BCUT2D eigenvalue weighted by molar-refractivity contribution is 6.46. The van der Waals surface area contributed by atoms with Crippen molar-refractivity contribution in [3.63, 3.8) is 0 Å². The molecule has 2 heterocycles. The van der Waals surface area contributed by atoms with Gasteiger partial charge in [-0.3, -0.25) is 14.5 Å². The molecule has 0 spiro atoms. The van der Waals surface area contributed by atoms with Crippen molar-refractivity contribution in [3.05, 3.63) is 64.3 Å². The smallest absolute Gasteiger partial charge is 0.282 e. The first-order valence-corrected chi connectivity index (χ1v) is 10.9.